The van der Waals surface area contributed by atoms with E-state index in [4.69, 9.17) is 0 Å². The molecule has 0 atom stereocenters. The fourth-order valence-electron chi connectivity index (χ4n) is 2.14. The predicted octanol–water partition coefficient (Wildman–Crippen LogP) is 3.69. The second kappa shape index (κ2) is 7.77. The molecule has 1 aromatic carbocycles. The Balaban J connectivity index is 2.61. The lowest BCUT2D eigenvalue weighted by molar-refractivity contribution is -0.130. The minimum atomic E-state index is 0.0117. The van der Waals surface area contributed by atoms with Crippen molar-refractivity contribution in [1.82, 2.24) is 4.90 Å². The summed E-state index contributed by atoms with van der Waals surface area (Å²) in [6.07, 6.45) is 0.515. The van der Waals surface area contributed by atoms with Gasteiger partial charge in [0.15, 0.2) is 5.78 Å². The standard InChI is InChI=1S/C18H25NO2/c1-6-19(12-13(2)3)18(21)10-9-17(20)16-8-7-14(4)15(5)11-16/h7-8,11H,2,6,9-10,12H2,1,3-5H3. The Kier molecular flexibility index (Phi) is 6.35. The number of Topliss-reactive ketones (excluding diaryl/α,β-unsaturated/α-hetero) is 1. The molecule has 114 valence electrons. The zero-order valence-corrected chi connectivity index (χ0v) is 13.5. The summed E-state index contributed by atoms with van der Waals surface area (Å²) in [5.41, 5.74) is 3.91. The minimum Gasteiger partial charge on any atom is -0.339 e. The third-order valence-electron chi connectivity index (χ3n) is 3.59. The first-order valence-corrected chi connectivity index (χ1v) is 7.37. The zero-order chi connectivity index (χ0) is 16.0. The summed E-state index contributed by atoms with van der Waals surface area (Å²) >= 11 is 0. The highest BCUT2D eigenvalue weighted by molar-refractivity contribution is 5.98. The molecule has 0 spiro atoms. The summed E-state index contributed by atoms with van der Waals surface area (Å²) in [4.78, 5) is 26.0. The highest BCUT2D eigenvalue weighted by atomic mass is 16.2. The molecule has 3 heteroatoms. The molecule has 0 bridgehead atoms. The van der Waals surface area contributed by atoms with Gasteiger partial charge in [-0.15, -0.1) is 0 Å². The van der Waals surface area contributed by atoms with Crippen molar-refractivity contribution >= 4 is 11.7 Å². The highest BCUT2D eigenvalue weighted by Crippen LogP contribution is 2.13. The topological polar surface area (TPSA) is 37.4 Å². The number of aryl methyl sites for hydroxylation is 2. The Morgan fingerprint density at radius 3 is 2.33 bits per heavy atom. The van der Waals surface area contributed by atoms with Crippen LogP contribution in [0.2, 0.25) is 0 Å². The number of carbonyl (C=O) groups is 2. The Morgan fingerprint density at radius 1 is 1.14 bits per heavy atom. The van der Waals surface area contributed by atoms with E-state index in [0.29, 0.717) is 18.7 Å². The van der Waals surface area contributed by atoms with E-state index in [-0.39, 0.29) is 24.5 Å². The Morgan fingerprint density at radius 2 is 1.81 bits per heavy atom. The monoisotopic (exact) mass is 287 g/mol. The van der Waals surface area contributed by atoms with Gasteiger partial charge in [-0.25, -0.2) is 0 Å². The van der Waals surface area contributed by atoms with Crippen LogP contribution in [0.1, 0.15) is 48.2 Å². The van der Waals surface area contributed by atoms with Crippen LogP contribution in [0, 0.1) is 13.8 Å². The quantitative estimate of drug-likeness (QED) is 0.566. The number of benzene rings is 1. The van der Waals surface area contributed by atoms with E-state index in [1.807, 2.05) is 45.9 Å². The number of hydrogen-bond donors (Lipinski definition) is 0. The number of nitrogens with zero attached hydrogens (tertiary/aromatic N) is 1. The first-order valence-electron chi connectivity index (χ1n) is 7.37. The number of carbonyl (C=O) groups excluding carboxylic acids is 2. The number of amides is 1. The van der Waals surface area contributed by atoms with Gasteiger partial charge in [-0.1, -0.05) is 24.3 Å². The smallest absolute Gasteiger partial charge is 0.223 e. The molecule has 0 saturated heterocycles. The van der Waals surface area contributed by atoms with Gasteiger partial charge in [-0.3, -0.25) is 9.59 Å². The molecule has 0 N–H and O–H groups in total. The average molecular weight is 287 g/mol. The predicted molar refractivity (Wildman–Crippen MR) is 86.5 cm³/mol. The van der Waals surface area contributed by atoms with Crippen LogP contribution in [0.3, 0.4) is 0 Å². The van der Waals surface area contributed by atoms with Gasteiger partial charge in [0.2, 0.25) is 5.91 Å². The molecule has 0 radical (unpaired) electrons. The van der Waals surface area contributed by atoms with Gasteiger partial charge in [-0.2, -0.15) is 0 Å². The Labute approximate surface area is 127 Å². The molecule has 1 aromatic rings. The fraction of sp³-hybridized carbons (Fsp3) is 0.444. The van der Waals surface area contributed by atoms with Crippen molar-refractivity contribution in [3.8, 4) is 0 Å². The summed E-state index contributed by atoms with van der Waals surface area (Å²) in [6.45, 7) is 12.9. The second-order valence-electron chi connectivity index (χ2n) is 5.59. The lowest BCUT2D eigenvalue weighted by atomic mass is 10.0. The van der Waals surface area contributed by atoms with Crippen molar-refractivity contribution in [3.63, 3.8) is 0 Å². The molecule has 1 amide bonds. The maximum atomic E-state index is 12.2. The van der Waals surface area contributed by atoms with Gasteiger partial charge in [0.1, 0.15) is 0 Å². The normalized spacial score (nSPS) is 10.3. The highest BCUT2D eigenvalue weighted by Gasteiger charge is 2.14. The van der Waals surface area contributed by atoms with Crippen molar-refractivity contribution in [1.29, 1.82) is 0 Å². The van der Waals surface area contributed by atoms with Crippen LogP contribution in [0.15, 0.2) is 30.4 Å². The van der Waals surface area contributed by atoms with Crippen LogP contribution in [0.5, 0.6) is 0 Å². The van der Waals surface area contributed by atoms with E-state index < -0.39 is 0 Å². The summed E-state index contributed by atoms with van der Waals surface area (Å²) < 4.78 is 0. The molecule has 0 aliphatic carbocycles. The molecular weight excluding hydrogens is 262 g/mol. The van der Waals surface area contributed by atoms with Crippen LogP contribution in [0.25, 0.3) is 0 Å². The molecule has 0 aromatic heterocycles. The zero-order valence-electron chi connectivity index (χ0n) is 13.5. The summed E-state index contributed by atoms with van der Waals surface area (Å²) in [7, 11) is 0. The van der Waals surface area contributed by atoms with Gasteiger partial charge in [-0.05, 0) is 44.9 Å². The molecule has 0 heterocycles. The maximum Gasteiger partial charge on any atom is 0.223 e. The van der Waals surface area contributed by atoms with Gasteiger partial charge in [0.05, 0.1) is 0 Å². The van der Waals surface area contributed by atoms with Crippen molar-refractivity contribution in [2.75, 3.05) is 13.1 Å². The number of likely N-dealkylation sites (N-methyl/N-ethyl adjacent to an activating group) is 1. The van der Waals surface area contributed by atoms with Crippen LogP contribution in [-0.4, -0.2) is 29.7 Å². The van der Waals surface area contributed by atoms with Crippen LogP contribution in [0.4, 0.5) is 0 Å². The molecule has 0 aliphatic rings. The van der Waals surface area contributed by atoms with Crippen LogP contribution in [-0.2, 0) is 4.79 Å². The third kappa shape index (κ3) is 5.18. The van der Waals surface area contributed by atoms with Crippen molar-refractivity contribution in [3.05, 3.63) is 47.0 Å². The molecule has 3 nitrogen and oxygen atoms in total. The van der Waals surface area contributed by atoms with E-state index in [2.05, 4.69) is 6.58 Å². The lowest BCUT2D eigenvalue weighted by Crippen LogP contribution is -2.32. The van der Waals surface area contributed by atoms with Gasteiger partial charge in [0.25, 0.3) is 0 Å². The summed E-state index contributed by atoms with van der Waals surface area (Å²) in [5, 5.41) is 0. The van der Waals surface area contributed by atoms with Crippen molar-refractivity contribution in [2.24, 2.45) is 0 Å². The molecular formula is C18H25NO2. The maximum absolute atomic E-state index is 12.2. The van der Waals surface area contributed by atoms with E-state index in [0.717, 1.165) is 11.1 Å². The SMILES string of the molecule is C=C(C)CN(CC)C(=O)CCC(=O)c1ccc(C)c(C)c1. The van der Waals surface area contributed by atoms with Gasteiger partial charge >= 0.3 is 0 Å². The van der Waals surface area contributed by atoms with Crippen molar-refractivity contribution < 1.29 is 9.59 Å². The number of ketones is 1. The number of hydrogen-bond acceptors (Lipinski definition) is 2. The van der Waals surface area contributed by atoms with Crippen LogP contribution >= 0.6 is 0 Å². The molecule has 21 heavy (non-hydrogen) atoms. The molecule has 1 rings (SSSR count). The molecule has 0 aliphatic heterocycles. The first kappa shape index (κ1) is 17.2. The first-order chi connectivity index (χ1) is 9.85. The van der Waals surface area contributed by atoms with Gasteiger partial charge in [0, 0.05) is 31.5 Å². The van der Waals surface area contributed by atoms with E-state index in [9.17, 15) is 9.59 Å². The fourth-order valence-corrected chi connectivity index (χ4v) is 2.14. The second-order valence-corrected chi connectivity index (χ2v) is 5.59. The van der Waals surface area contributed by atoms with E-state index in [1.165, 1.54) is 5.56 Å². The van der Waals surface area contributed by atoms with E-state index >= 15 is 0 Å². The Bertz CT molecular complexity index is 546. The van der Waals surface area contributed by atoms with Crippen molar-refractivity contribution in [2.45, 2.75) is 40.5 Å². The molecule has 0 saturated carbocycles. The summed E-state index contributed by atoms with van der Waals surface area (Å²) in [6, 6.07) is 5.68. The summed E-state index contributed by atoms with van der Waals surface area (Å²) in [5.74, 6) is 0.0375. The lowest BCUT2D eigenvalue weighted by Gasteiger charge is -2.20. The third-order valence-corrected chi connectivity index (χ3v) is 3.59. The van der Waals surface area contributed by atoms with Gasteiger partial charge < -0.3 is 4.90 Å². The molecule has 0 unspecified atom stereocenters. The molecule has 0 fully saturated rings. The average Bonchev–Trinajstić information content (AvgIpc) is 2.44. The minimum absolute atomic E-state index is 0.0117. The number of rotatable bonds is 7. The largest absolute Gasteiger partial charge is 0.339 e. The van der Waals surface area contributed by atoms with Crippen LogP contribution < -0.4 is 0 Å². The Hall–Kier alpha value is -1.90. The van der Waals surface area contributed by atoms with E-state index in [1.54, 1.807) is 4.90 Å².